The Balaban J connectivity index is 4.27. The van der Waals surface area contributed by atoms with E-state index in [9.17, 15) is 14.4 Å². The first-order chi connectivity index (χ1) is 39.5. The van der Waals surface area contributed by atoms with Gasteiger partial charge in [0.1, 0.15) is 13.2 Å². The molecule has 460 valence electrons. The van der Waals surface area contributed by atoms with E-state index >= 15 is 0 Å². The van der Waals surface area contributed by atoms with Gasteiger partial charge in [-0.05, 0) is 83.5 Å². The lowest BCUT2D eigenvalue weighted by Crippen LogP contribution is -2.30. The quantitative estimate of drug-likeness (QED) is 0.0261. The van der Waals surface area contributed by atoms with Gasteiger partial charge >= 0.3 is 17.9 Å². The fraction of sp³-hybridized carbons (Fsp3) is 0.743. The monoisotopic (exact) mass is 1110 g/mol. The first-order valence-electron chi connectivity index (χ1n) is 34.2. The summed E-state index contributed by atoms with van der Waals surface area (Å²) < 4.78 is 16.9. The Hall–Kier alpha value is -3.67. The molecule has 0 aromatic carbocycles. The van der Waals surface area contributed by atoms with Gasteiger partial charge in [0.15, 0.2) is 6.10 Å². The Labute approximate surface area is 496 Å². The Kier molecular flexibility index (Phi) is 64.7. The van der Waals surface area contributed by atoms with E-state index in [1.807, 2.05) is 0 Å². The molecule has 80 heavy (non-hydrogen) atoms. The zero-order valence-corrected chi connectivity index (χ0v) is 52.8. The van der Waals surface area contributed by atoms with Crippen molar-refractivity contribution in [3.05, 3.63) is 97.2 Å². The van der Waals surface area contributed by atoms with E-state index < -0.39 is 6.10 Å². The third kappa shape index (κ3) is 65.1. The fourth-order valence-electron chi connectivity index (χ4n) is 9.76. The van der Waals surface area contributed by atoms with E-state index in [0.29, 0.717) is 19.3 Å². The van der Waals surface area contributed by atoms with Crippen molar-refractivity contribution in [2.45, 2.75) is 341 Å². The molecule has 6 nitrogen and oxygen atoms in total. The Morgan fingerprint density at radius 1 is 0.263 bits per heavy atom. The van der Waals surface area contributed by atoms with E-state index in [0.717, 1.165) is 122 Å². The fourth-order valence-corrected chi connectivity index (χ4v) is 9.76. The van der Waals surface area contributed by atoms with Gasteiger partial charge in [-0.1, -0.05) is 330 Å². The lowest BCUT2D eigenvalue weighted by atomic mass is 10.0. The van der Waals surface area contributed by atoms with E-state index in [1.54, 1.807) is 0 Å². The summed E-state index contributed by atoms with van der Waals surface area (Å²) >= 11 is 0. The predicted octanol–water partition coefficient (Wildman–Crippen LogP) is 23.6. The number of esters is 3. The van der Waals surface area contributed by atoms with Gasteiger partial charge in [-0.2, -0.15) is 0 Å². The van der Waals surface area contributed by atoms with Crippen molar-refractivity contribution in [3.8, 4) is 0 Å². The average Bonchev–Trinajstić information content (AvgIpc) is 3.46. The van der Waals surface area contributed by atoms with Crippen molar-refractivity contribution >= 4 is 17.9 Å². The largest absolute Gasteiger partial charge is 0.462 e. The van der Waals surface area contributed by atoms with Crippen molar-refractivity contribution in [1.29, 1.82) is 0 Å². The average molecular weight is 1110 g/mol. The second kappa shape index (κ2) is 67.8. The molecule has 0 amide bonds. The third-order valence-electron chi connectivity index (χ3n) is 14.9. The molecule has 1 atom stereocenters. The standard InChI is InChI=1S/C74H128O6/c1-4-7-10-13-16-19-22-24-26-28-30-32-34-35-36-37-38-39-41-42-44-46-48-50-52-55-58-61-64-67-73(76)79-70-71(69-78-72(75)66-63-60-57-54-21-18-15-12-9-6-3)80-74(77)68-65-62-59-56-53-51-49-47-45-43-40-33-31-29-27-25-23-20-17-14-11-8-5-2/h7,10,16,19,24,26,30,32,35-36,38-39,42,44,48,50,71H,4-6,8-9,11-15,17-18,20-23,25,27-29,31,33-34,37,40-41,43,45-47,49,51-70H2,1-3H3/b10-7-,19-16-,26-24-,32-30-,36-35-,39-38-,44-42-,50-48-. The molecule has 0 aliphatic heterocycles. The summed E-state index contributed by atoms with van der Waals surface area (Å²) in [5.74, 6) is -0.894. The molecular weight excluding hydrogens is 985 g/mol. The van der Waals surface area contributed by atoms with Crippen LogP contribution in [-0.2, 0) is 28.6 Å². The highest BCUT2D eigenvalue weighted by Crippen LogP contribution is 2.17. The molecule has 0 aliphatic rings. The highest BCUT2D eigenvalue weighted by molar-refractivity contribution is 5.71. The van der Waals surface area contributed by atoms with Gasteiger partial charge in [-0.15, -0.1) is 0 Å². The summed E-state index contributed by atoms with van der Waals surface area (Å²) in [5, 5.41) is 0. The smallest absolute Gasteiger partial charge is 0.306 e. The van der Waals surface area contributed by atoms with Crippen LogP contribution < -0.4 is 0 Å². The lowest BCUT2D eigenvalue weighted by molar-refractivity contribution is -0.167. The van der Waals surface area contributed by atoms with Crippen LogP contribution in [0.4, 0.5) is 0 Å². The van der Waals surface area contributed by atoms with Crippen LogP contribution in [0.3, 0.4) is 0 Å². The molecule has 1 unspecified atom stereocenters. The summed E-state index contributed by atoms with van der Waals surface area (Å²) in [6.45, 7) is 6.53. The van der Waals surface area contributed by atoms with Gasteiger partial charge in [-0.3, -0.25) is 14.4 Å². The highest BCUT2D eigenvalue weighted by Gasteiger charge is 2.19. The molecule has 0 heterocycles. The van der Waals surface area contributed by atoms with Crippen LogP contribution in [0.1, 0.15) is 335 Å². The Morgan fingerprint density at radius 3 is 0.762 bits per heavy atom. The number of hydrogen-bond donors (Lipinski definition) is 0. The normalized spacial score (nSPS) is 12.7. The van der Waals surface area contributed by atoms with Gasteiger partial charge in [0.25, 0.3) is 0 Å². The van der Waals surface area contributed by atoms with Gasteiger partial charge in [0.05, 0.1) is 0 Å². The molecule has 0 radical (unpaired) electrons. The van der Waals surface area contributed by atoms with Gasteiger partial charge in [0, 0.05) is 19.3 Å². The molecule has 0 saturated heterocycles. The molecule has 0 aromatic heterocycles. The number of unbranched alkanes of at least 4 members (excludes halogenated alkanes) is 35. The minimum Gasteiger partial charge on any atom is -0.462 e. The minimum absolute atomic E-state index is 0.0815. The summed E-state index contributed by atoms with van der Waals surface area (Å²) in [4.78, 5) is 38.3. The lowest BCUT2D eigenvalue weighted by Gasteiger charge is -2.18. The number of hydrogen-bond acceptors (Lipinski definition) is 6. The van der Waals surface area contributed by atoms with Crippen LogP contribution in [0.15, 0.2) is 97.2 Å². The van der Waals surface area contributed by atoms with E-state index in [4.69, 9.17) is 14.2 Å². The molecule has 0 bridgehead atoms. The van der Waals surface area contributed by atoms with E-state index in [1.165, 1.54) is 173 Å². The second-order valence-electron chi connectivity index (χ2n) is 22.7. The molecular formula is C74H128O6. The van der Waals surface area contributed by atoms with Crippen molar-refractivity contribution < 1.29 is 28.6 Å². The van der Waals surface area contributed by atoms with Crippen molar-refractivity contribution in [3.63, 3.8) is 0 Å². The van der Waals surface area contributed by atoms with Crippen LogP contribution in [0, 0.1) is 0 Å². The number of ether oxygens (including phenoxy) is 3. The first kappa shape index (κ1) is 76.3. The molecule has 0 aromatic rings. The number of carbonyl (C=O) groups excluding carboxylic acids is 3. The zero-order valence-electron chi connectivity index (χ0n) is 52.8. The molecule has 0 N–H and O–H groups in total. The van der Waals surface area contributed by atoms with Crippen molar-refractivity contribution in [2.75, 3.05) is 13.2 Å². The second-order valence-corrected chi connectivity index (χ2v) is 22.7. The summed E-state index contributed by atoms with van der Waals surface area (Å²) in [7, 11) is 0. The van der Waals surface area contributed by atoms with Gasteiger partial charge in [-0.25, -0.2) is 0 Å². The summed E-state index contributed by atoms with van der Waals surface area (Å²) in [5.41, 5.74) is 0. The predicted molar refractivity (Wildman–Crippen MR) is 348 cm³/mol. The molecule has 0 fully saturated rings. The van der Waals surface area contributed by atoms with Crippen molar-refractivity contribution in [2.24, 2.45) is 0 Å². The molecule has 0 aliphatic carbocycles. The maximum absolute atomic E-state index is 12.9. The topological polar surface area (TPSA) is 78.9 Å². The molecule has 6 heteroatoms. The SMILES string of the molecule is CC/C=C\C/C=C\C/C=C\C/C=C\C/C=C\C/C=C\C/C=C\C/C=C\CCCCCCC(=O)OCC(COC(=O)CCCCCCCCCCCC)OC(=O)CCCCCCCCCCCCCCCCCCCCCCCCC. The van der Waals surface area contributed by atoms with Gasteiger partial charge in [0.2, 0.25) is 0 Å². The number of allylic oxidation sites excluding steroid dienone is 16. The van der Waals surface area contributed by atoms with Crippen LogP contribution in [-0.4, -0.2) is 37.2 Å². The molecule has 0 spiro atoms. The Bertz CT molecular complexity index is 1560. The van der Waals surface area contributed by atoms with E-state index in [2.05, 4.69) is 118 Å². The first-order valence-corrected chi connectivity index (χ1v) is 34.2. The minimum atomic E-state index is -0.786. The van der Waals surface area contributed by atoms with Crippen LogP contribution in [0.25, 0.3) is 0 Å². The van der Waals surface area contributed by atoms with Crippen molar-refractivity contribution in [1.82, 2.24) is 0 Å². The number of carbonyl (C=O) groups is 3. The number of rotatable bonds is 62. The van der Waals surface area contributed by atoms with Gasteiger partial charge < -0.3 is 14.2 Å². The van der Waals surface area contributed by atoms with Crippen LogP contribution in [0.5, 0.6) is 0 Å². The molecule has 0 rings (SSSR count). The maximum atomic E-state index is 12.9. The van der Waals surface area contributed by atoms with E-state index in [-0.39, 0.29) is 31.1 Å². The maximum Gasteiger partial charge on any atom is 0.306 e. The Morgan fingerprint density at radius 2 is 0.487 bits per heavy atom. The zero-order chi connectivity index (χ0) is 57.8. The van der Waals surface area contributed by atoms with Crippen LogP contribution >= 0.6 is 0 Å². The third-order valence-corrected chi connectivity index (χ3v) is 14.9. The summed E-state index contributed by atoms with van der Waals surface area (Å²) in [6, 6.07) is 0. The molecule has 0 saturated carbocycles. The van der Waals surface area contributed by atoms with Crippen LogP contribution in [0.2, 0.25) is 0 Å². The highest BCUT2D eigenvalue weighted by atomic mass is 16.6. The summed E-state index contributed by atoms with van der Waals surface area (Å²) in [6.07, 6.45) is 91.5.